The van der Waals surface area contributed by atoms with Crippen molar-refractivity contribution in [3.63, 3.8) is 0 Å². The lowest BCUT2D eigenvalue weighted by atomic mass is 10.2. The van der Waals surface area contributed by atoms with Crippen molar-refractivity contribution in [3.05, 3.63) is 24.3 Å². The summed E-state index contributed by atoms with van der Waals surface area (Å²) in [5, 5.41) is 5.08. The van der Waals surface area contributed by atoms with Gasteiger partial charge in [-0.25, -0.2) is 0 Å². The van der Waals surface area contributed by atoms with Gasteiger partial charge in [0, 0.05) is 12.8 Å². The lowest BCUT2D eigenvalue weighted by molar-refractivity contribution is -0.118. The molecule has 0 fully saturated rings. The highest BCUT2D eigenvalue weighted by molar-refractivity contribution is 5.96. The summed E-state index contributed by atoms with van der Waals surface area (Å²) in [6.07, 6.45) is 1.56. The van der Waals surface area contributed by atoms with Gasteiger partial charge in [-0.05, 0) is 12.1 Å². The molecule has 0 heterocycles. The van der Waals surface area contributed by atoms with Crippen molar-refractivity contribution < 1.29 is 14.4 Å². The number of hydrogen-bond donors (Lipinski definition) is 2. The fourth-order valence-electron chi connectivity index (χ4n) is 1.18. The fraction of sp³-hybridized carbons (Fsp3) is 0.182. The number of carbonyl (C=O) groups excluding carboxylic acids is 3. The highest BCUT2D eigenvalue weighted by Crippen LogP contribution is 2.20. The van der Waals surface area contributed by atoms with E-state index < -0.39 is 0 Å². The summed E-state index contributed by atoms with van der Waals surface area (Å²) in [4.78, 5) is 31.7. The van der Waals surface area contributed by atoms with Gasteiger partial charge < -0.3 is 15.4 Å². The van der Waals surface area contributed by atoms with Crippen molar-refractivity contribution >= 4 is 30.0 Å². The molecule has 84 valence electrons. The first kappa shape index (κ1) is 11.9. The van der Waals surface area contributed by atoms with Crippen LogP contribution in [-0.2, 0) is 14.4 Å². The number of amides is 2. The van der Waals surface area contributed by atoms with Crippen molar-refractivity contribution in [2.75, 3.05) is 10.6 Å². The summed E-state index contributed by atoms with van der Waals surface area (Å²) in [6, 6.07) is 6.83. The van der Waals surface area contributed by atoms with Gasteiger partial charge in [0.2, 0.25) is 12.3 Å². The highest BCUT2D eigenvalue weighted by atomic mass is 16.2. The molecular weight excluding hydrogens is 208 g/mol. The van der Waals surface area contributed by atoms with Crippen LogP contribution in [0.5, 0.6) is 0 Å². The van der Waals surface area contributed by atoms with Crippen LogP contribution in [0.25, 0.3) is 0 Å². The molecule has 1 rings (SSSR count). The number of benzene rings is 1. The first-order valence-corrected chi connectivity index (χ1v) is 4.80. The van der Waals surface area contributed by atoms with Gasteiger partial charge in [0.25, 0.3) is 0 Å². The van der Waals surface area contributed by atoms with Crippen molar-refractivity contribution in [1.82, 2.24) is 0 Å². The maximum atomic E-state index is 11.3. The Bertz CT molecular complexity index is 391. The standard InChI is InChI=1S/C11H12N2O3/c14-7-3-6-11(16)13-10-5-2-1-4-9(10)12-8-15/h1-2,4-5,7-8H,3,6H2,(H,12,15)(H,13,16). The predicted octanol–water partition coefficient (Wildman–Crippen LogP) is 1.17. The molecule has 5 nitrogen and oxygen atoms in total. The first-order chi connectivity index (χ1) is 7.77. The number of nitrogens with one attached hydrogen (secondary N) is 2. The summed E-state index contributed by atoms with van der Waals surface area (Å²) in [7, 11) is 0. The smallest absolute Gasteiger partial charge is 0.224 e. The lowest BCUT2D eigenvalue weighted by Crippen LogP contribution is -2.12. The van der Waals surface area contributed by atoms with Crippen molar-refractivity contribution in [1.29, 1.82) is 0 Å². The molecule has 0 aliphatic heterocycles. The monoisotopic (exact) mass is 220 g/mol. The first-order valence-electron chi connectivity index (χ1n) is 4.80. The van der Waals surface area contributed by atoms with Crippen LogP contribution >= 0.6 is 0 Å². The predicted molar refractivity (Wildman–Crippen MR) is 60.1 cm³/mol. The Hall–Kier alpha value is -2.17. The molecule has 0 bridgehead atoms. The van der Waals surface area contributed by atoms with Crippen molar-refractivity contribution in [3.8, 4) is 0 Å². The van der Waals surface area contributed by atoms with E-state index in [2.05, 4.69) is 10.6 Å². The Labute approximate surface area is 92.8 Å². The van der Waals surface area contributed by atoms with Crippen LogP contribution in [-0.4, -0.2) is 18.6 Å². The molecule has 2 N–H and O–H groups in total. The van der Waals surface area contributed by atoms with Crippen molar-refractivity contribution in [2.24, 2.45) is 0 Å². The normalized spacial score (nSPS) is 9.25. The van der Waals surface area contributed by atoms with Crippen molar-refractivity contribution in [2.45, 2.75) is 12.8 Å². The van der Waals surface area contributed by atoms with E-state index in [0.717, 1.165) is 0 Å². The lowest BCUT2D eigenvalue weighted by Gasteiger charge is -2.08. The zero-order valence-electron chi connectivity index (χ0n) is 8.60. The van der Waals surface area contributed by atoms with Gasteiger partial charge in [-0.15, -0.1) is 0 Å². The summed E-state index contributed by atoms with van der Waals surface area (Å²) < 4.78 is 0. The average Bonchev–Trinajstić information content (AvgIpc) is 2.29. The third kappa shape index (κ3) is 3.53. The third-order valence-electron chi connectivity index (χ3n) is 1.90. The van der Waals surface area contributed by atoms with Gasteiger partial charge in [-0.2, -0.15) is 0 Å². The number of para-hydroxylation sites is 2. The van der Waals surface area contributed by atoms with E-state index in [9.17, 15) is 14.4 Å². The molecule has 0 saturated heterocycles. The topological polar surface area (TPSA) is 75.3 Å². The molecule has 0 saturated carbocycles. The number of carbonyl (C=O) groups is 3. The van der Waals surface area contributed by atoms with E-state index in [4.69, 9.17) is 0 Å². The maximum Gasteiger partial charge on any atom is 0.224 e. The summed E-state index contributed by atoms with van der Waals surface area (Å²) in [5.41, 5.74) is 1.04. The Balaban J connectivity index is 2.68. The highest BCUT2D eigenvalue weighted by Gasteiger charge is 2.05. The molecule has 2 amide bonds. The third-order valence-corrected chi connectivity index (χ3v) is 1.90. The number of hydrogen-bond acceptors (Lipinski definition) is 3. The zero-order chi connectivity index (χ0) is 11.8. The van der Waals surface area contributed by atoms with Gasteiger partial charge in [0.05, 0.1) is 11.4 Å². The molecule has 0 aromatic heterocycles. The second-order valence-corrected chi connectivity index (χ2v) is 3.06. The molecular formula is C11H12N2O3. The van der Waals surface area contributed by atoms with Crippen LogP contribution in [0.1, 0.15) is 12.8 Å². The van der Waals surface area contributed by atoms with Gasteiger partial charge in [-0.1, -0.05) is 12.1 Å². The summed E-state index contributed by atoms with van der Waals surface area (Å²) in [6.45, 7) is 0. The van der Waals surface area contributed by atoms with Crippen LogP contribution in [0, 0.1) is 0 Å². The van der Waals surface area contributed by atoms with Crippen LogP contribution in [0.3, 0.4) is 0 Å². The Kier molecular flexibility index (Phi) is 4.72. The zero-order valence-corrected chi connectivity index (χ0v) is 8.60. The minimum absolute atomic E-state index is 0.138. The number of anilines is 2. The fourth-order valence-corrected chi connectivity index (χ4v) is 1.18. The molecule has 5 heteroatoms. The minimum Gasteiger partial charge on any atom is -0.327 e. The van der Waals surface area contributed by atoms with Gasteiger partial charge in [0.15, 0.2) is 0 Å². The molecule has 16 heavy (non-hydrogen) atoms. The van der Waals surface area contributed by atoms with E-state index in [1.165, 1.54) is 0 Å². The number of rotatable bonds is 6. The molecule has 0 unspecified atom stereocenters. The summed E-state index contributed by atoms with van der Waals surface area (Å²) in [5.74, 6) is -0.257. The van der Waals surface area contributed by atoms with Crippen LogP contribution in [0.15, 0.2) is 24.3 Å². The molecule has 0 atom stereocenters. The largest absolute Gasteiger partial charge is 0.327 e. The minimum atomic E-state index is -0.257. The average molecular weight is 220 g/mol. The molecule has 1 aromatic carbocycles. The summed E-state index contributed by atoms with van der Waals surface area (Å²) >= 11 is 0. The molecule has 0 radical (unpaired) electrons. The Morgan fingerprint density at radius 2 is 1.88 bits per heavy atom. The molecule has 0 aliphatic carbocycles. The van der Waals surface area contributed by atoms with E-state index in [-0.39, 0.29) is 18.7 Å². The van der Waals surface area contributed by atoms with Gasteiger partial charge in [0.1, 0.15) is 6.29 Å². The van der Waals surface area contributed by atoms with E-state index in [0.29, 0.717) is 24.1 Å². The second-order valence-electron chi connectivity index (χ2n) is 3.06. The Morgan fingerprint density at radius 1 is 1.19 bits per heavy atom. The van der Waals surface area contributed by atoms with E-state index in [1.807, 2.05) is 0 Å². The van der Waals surface area contributed by atoms with E-state index in [1.54, 1.807) is 24.3 Å². The molecule has 1 aromatic rings. The number of aldehydes is 1. The SMILES string of the molecule is O=CCCC(=O)Nc1ccccc1NC=O. The van der Waals surface area contributed by atoms with Crippen LogP contribution in [0.2, 0.25) is 0 Å². The Morgan fingerprint density at radius 3 is 2.50 bits per heavy atom. The maximum absolute atomic E-state index is 11.3. The van der Waals surface area contributed by atoms with Gasteiger partial charge >= 0.3 is 0 Å². The van der Waals surface area contributed by atoms with E-state index >= 15 is 0 Å². The van der Waals surface area contributed by atoms with Gasteiger partial charge in [-0.3, -0.25) is 9.59 Å². The molecule has 0 aliphatic rings. The molecule has 0 spiro atoms. The second kappa shape index (κ2) is 6.34. The quantitative estimate of drug-likeness (QED) is 0.706. The van der Waals surface area contributed by atoms with Crippen LogP contribution in [0.4, 0.5) is 11.4 Å². The van der Waals surface area contributed by atoms with Crippen LogP contribution < -0.4 is 10.6 Å².